The zero-order valence-corrected chi connectivity index (χ0v) is 17.1. The molecule has 1 fully saturated rings. The third-order valence-electron chi connectivity index (χ3n) is 4.83. The number of hydrogen-bond donors (Lipinski definition) is 0. The maximum atomic E-state index is 12.9. The predicted octanol–water partition coefficient (Wildman–Crippen LogP) is 0.387. The molecule has 1 saturated heterocycles. The number of sulfone groups is 1. The van der Waals surface area contributed by atoms with E-state index in [2.05, 4.69) is 15.2 Å². The topological polar surface area (TPSA) is 97.6 Å². The molecule has 0 radical (unpaired) electrons. The summed E-state index contributed by atoms with van der Waals surface area (Å²) in [5.74, 6) is 0.675. The van der Waals surface area contributed by atoms with Crippen LogP contribution in [-0.2, 0) is 9.84 Å². The van der Waals surface area contributed by atoms with Crippen LogP contribution >= 0.6 is 0 Å². The highest BCUT2D eigenvalue weighted by Gasteiger charge is 2.26. The Kier molecular flexibility index (Phi) is 5.99. The lowest BCUT2D eigenvalue weighted by Gasteiger charge is -2.34. The van der Waals surface area contributed by atoms with Crippen molar-refractivity contribution in [1.29, 1.82) is 0 Å². The molecule has 28 heavy (non-hydrogen) atoms. The van der Waals surface area contributed by atoms with Gasteiger partial charge in [0.15, 0.2) is 5.69 Å². The quantitative estimate of drug-likeness (QED) is 0.683. The number of methoxy groups -OCH3 is 1. The summed E-state index contributed by atoms with van der Waals surface area (Å²) >= 11 is 0. The van der Waals surface area contributed by atoms with E-state index in [9.17, 15) is 13.2 Å². The number of carbonyl (C=O) groups excluding carboxylic acids is 1. The minimum atomic E-state index is -2.98. The van der Waals surface area contributed by atoms with Gasteiger partial charge in [0.05, 0.1) is 24.2 Å². The van der Waals surface area contributed by atoms with E-state index in [-0.39, 0.29) is 11.7 Å². The SMILES string of the molecule is COc1cccc(-n2nnc(C(=O)N3CCN(CCS(C)(=O)=O)CC3)c2C)c1. The van der Waals surface area contributed by atoms with Crippen molar-refractivity contribution in [3.63, 3.8) is 0 Å². The summed E-state index contributed by atoms with van der Waals surface area (Å²) < 4.78 is 29.5. The van der Waals surface area contributed by atoms with E-state index in [1.807, 2.05) is 31.2 Å². The number of ether oxygens (including phenoxy) is 1. The molecule has 0 unspecified atom stereocenters. The van der Waals surface area contributed by atoms with Gasteiger partial charge in [0, 0.05) is 45.0 Å². The molecule has 10 heteroatoms. The normalized spacial score (nSPS) is 15.6. The Labute approximate surface area is 164 Å². The Morgan fingerprint density at radius 1 is 1.21 bits per heavy atom. The van der Waals surface area contributed by atoms with Crippen molar-refractivity contribution >= 4 is 15.7 Å². The lowest BCUT2D eigenvalue weighted by atomic mass is 10.2. The summed E-state index contributed by atoms with van der Waals surface area (Å²) in [7, 11) is -1.39. The first kappa shape index (κ1) is 20.3. The number of carbonyl (C=O) groups is 1. The van der Waals surface area contributed by atoms with Gasteiger partial charge in [-0.25, -0.2) is 13.1 Å². The molecule has 1 aliphatic rings. The zero-order chi connectivity index (χ0) is 20.3. The second-order valence-corrected chi connectivity index (χ2v) is 9.16. The number of piperazine rings is 1. The molecular formula is C18H25N5O4S. The molecule has 2 heterocycles. The molecule has 0 bridgehead atoms. The zero-order valence-electron chi connectivity index (χ0n) is 16.3. The first-order valence-corrected chi connectivity index (χ1v) is 11.1. The maximum Gasteiger partial charge on any atom is 0.276 e. The van der Waals surface area contributed by atoms with E-state index in [4.69, 9.17) is 4.74 Å². The molecule has 0 spiro atoms. The van der Waals surface area contributed by atoms with Gasteiger partial charge < -0.3 is 9.64 Å². The van der Waals surface area contributed by atoms with Gasteiger partial charge in [-0.05, 0) is 19.1 Å². The Hall–Kier alpha value is -2.46. The monoisotopic (exact) mass is 407 g/mol. The molecule has 2 aromatic rings. The highest BCUT2D eigenvalue weighted by Crippen LogP contribution is 2.19. The average molecular weight is 407 g/mol. The van der Waals surface area contributed by atoms with Crippen LogP contribution in [0.3, 0.4) is 0 Å². The molecule has 1 amide bonds. The van der Waals surface area contributed by atoms with Gasteiger partial charge in [0.2, 0.25) is 0 Å². The summed E-state index contributed by atoms with van der Waals surface area (Å²) in [5, 5.41) is 8.23. The minimum Gasteiger partial charge on any atom is -0.497 e. The van der Waals surface area contributed by atoms with Gasteiger partial charge in [-0.2, -0.15) is 0 Å². The summed E-state index contributed by atoms with van der Waals surface area (Å²) in [5.41, 5.74) is 1.76. The molecule has 1 aliphatic heterocycles. The van der Waals surface area contributed by atoms with Crippen LogP contribution in [-0.4, -0.2) is 91.0 Å². The number of hydrogen-bond acceptors (Lipinski definition) is 7. The first-order chi connectivity index (χ1) is 13.3. The van der Waals surface area contributed by atoms with Crippen LogP contribution in [0.4, 0.5) is 0 Å². The summed E-state index contributed by atoms with van der Waals surface area (Å²) in [6.45, 7) is 4.66. The lowest BCUT2D eigenvalue weighted by Crippen LogP contribution is -2.49. The van der Waals surface area contributed by atoms with Crippen molar-refractivity contribution in [3.8, 4) is 11.4 Å². The average Bonchev–Trinajstić information content (AvgIpc) is 3.07. The van der Waals surface area contributed by atoms with Gasteiger partial charge in [-0.3, -0.25) is 9.69 Å². The van der Waals surface area contributed by atoms with E-state index in [1.165, 1.54) is 6.26 Å². The Morgan fingerprint density at radius 3 is 2.57 bits per heavy atom. The number of nitrogens with zero attached hydrogens (tertiary/aromatic N) is 5. The summed E-state index contributed by atoms with van der Waals surface area (Å²) in [4.78, 5) is 16.7. The molecule has 152 valence electrons. The van der Waals surface area contributed by atoms with Crippen molar-refractivity contribution in [2.45, 2.75) is 6.92 Å². The van der Waals surface area contributed by atoms with Gasteiger partial charge in [0.25, 0.3) is 5.91 Å². The second kappa shape index (κ2) is 8.27. The van der Waals surface area contributed by atoms with Gasteiger partial charge in [-0.15, -0.1) is 5.10 Å². The van der Waals surface area contributed by atoms with Gasteiger partial charge in [0.1, 0.15) is 15.6 Å². The van der Waals surface area contributed by atoms with Crippen molar-refractivity contribution in [1.82, 2.24) is 24.8 Å². The standard InChI is InChI=1S/C18H25N5O4S/c1-14-17(19-20-23(14)15-5-4-6-16(13-15)27-2)18(24)22-9-7-21(8-10-22)11-12-28(3,25)26/h4-6,13H,7-12H2,1-3H3. The molecular weight excluding hydrogens is 382 g/mol. The Bertz CT molecular complexity index is 949. The lowest BCUT2D eigenvalue weighted by molar-refractivity contribution is 0.0637. The van der Waals surface area contributed by atoms with E-state index in [0.717, 1.165) is 5.69 Å². The van der Waals surface area contributed by atoms with Crippen LogP contribution < -0.4 is 4.74 Å². The van der Waals surface area contributed by atoms with Gasteiger partial charge >= 0.3 is 0 Å². The molecule has 0 saturated carbocycles. The van der Waals surface area contributed by atoms with E-state index in [1.54, 1.807) is 16.7 Å². The van der Waals surface area contributed by atoms with Crippen LogP contribution in [0.25, 0.3) is 5.69 Å². The highest BCUT2D eigenvalue weighted by molar-refractivity contribution is 7.90. The van der Waals surface area contributed by atoms with Crippen LogP contribution in [0.5, 0.6) is 5.75 Å². The fraction of sp³-hybridized carbons (Fsp3) is 0.500. The largest absolute Gasteiger partial charge is 0.497 e. The van der Waals surface area contributed by atoms with Crippen molar-refractivity contribution in [3.05, 3.63) is 35.7 Å². The number of aromatic nitrogens is 3. The van der Waals surface area contributed by atoms with E-state index < -0.39 is 9.84 Å². The molecule has 3 rings (SSSR count). The molecule has 0 atom stereocenters. The van der Waals surface area contributed by atoms with Crippen LogP contribution in [0, 0.1) is 6.92 Å². The van der Waals surface area contributed by atoms with Crippen molar-refractivity contribution in [2.75, 3.05) is 51.8 Å². The molecule has 1 aromatic heterocycles. The molecule has 0 aliphatic carbocycles. The summed E-state index contributed by atoms with van der Waals surface area (Å²) in [6, 6.07) is 7.40. The molecule has 9 nitrogen and oxygen atoms in total. The van der Waals surface area contributed by atoms with Crippen LogP contribution in [0.2, 0.25) is 0 Å². The van der Waals surface area contributed by atoms with E-state index in [0.29, 0.717) is 49.9 Å². The summed E-state index contributed by atoms with van der Waals surface area (Å²) in [6.07, 6.45) is 1.24. The maximum absolute atomic E-state index is 12.9. The molecule has 1 aromatic carbocycles. The van der Waals surface area contributed by atoms with Crippen molar-refractivity contribution < 1.29 is 17.9 Å². The molecule has 0 N–H and O–H groups in total. The van der Waals surface area contributed by atoms with Crippen molar-refractivity contribution in [2.24, 2.45) is 0 Å². The smallest absolute Gasteiger partial charge is 0.276 e. The third-order valence-corrected chi connectivity index (χ3v) is 5.76. The van der Waals surface area contributed by atoms with Gasteiger partial charge in [-0.1, -0.05) is 11.3 Å². The first-order valence-electron chi connectivity index (χ1n) is 9.04. The fourth-order valence-corrected chi connectivity index (χ4v) is 3.72. The second-order valence-electron chi connectivity index (χ2n) is 6.90. The predicted molar refractivity (Wildman–Crippen MR) is 105 cm³/mol. The third kappa shape index (κ3) is 4.68. The Morgan fingerprint density at radius 2 is 1.93 bits per heavy atom. The fourth-order valence-electron chi connectivity index (χ4n) is 3.13. The van der Waals surface area contributed by atoms with Crippen LogP contribution in [0.15, 0.2) is 24.3 Å². The number of amides is 1. The van der Waals surface area contributed by atoms with Crippen LogP contribution in [0.1, 0.15) is 16.2 Å². The number of benzene rings is 1. The van der Waals surface area contributed by atoms with E-state index >= 15 is 0 Å². The Balaban J connectivity index is 1.67. The number of rotatable bonds is 6. The highest BCUT2D eigenvalue weighted by atomic mass is 32.2. The minimum absolute atomic E-state index is 0.134.